The molecule has 0 bridgehead atoms. The van der Waals surface area contributed by atoms with Gasteiger partial charge in [-0.25, -0.2) is 4.68 Å². The van der Waals surface area contributed by atoms with Crippen molar-refractivity contribution in [2.45, 2.75) is 39.5 Å². The molecule has 2 amide bonds. The smallest absolute Gasteiger partial charge is 0.309 e. The van der Waals surface area contributed by atoms with Gasteiger partial charge in [-0.15, -0.1) is 0 Å². The van der Waals surface area contributed by atoms with E-state index in [-0.39, 0.29) is 36.5 Å². The number of ether oxygens (including phenoxy) is 1. The highest BCUT2D eigenvalue weighted by molar-refractivity contribution is 5.93. The third kappa shape index (κ3) is 6.19. The molecule has 3 aromatic rings. The molecule has 4 rings (SSSR count). The summed E-state index contributed by atoms with van der Waals surface area (Å²) < 4.78 is 6.81. The topological polar surface area (TPSA) is 93.5 Å². The minimum atomic E-state index is -0.252. The predicted molar refractivity (Wildman–Crippen MR) is 138 cm³/mol. The Bertz CT molecular complexity index is 1210. The van der Waals surface area contributed by atoms with Gasteiger partial charge in [-0.3, -0.25) is 14.4 Å². The third-order valence-corrected chi connectivity index (χ3v) is 6.33. The van der Waals surface area contributed by atoms with E-state index in [1.54, 1.807) is 16.5 Å². The number of benzene rings is 2. The molecule has 1 N–H and O–H groups in total. The van der Waals surface area contributed by atoms with Crippen molar-refractivity contribution in [2.75, 3.05) is 25.0 Å². The van der Waals surface area contributed by atoms with Crippen LogP contribution >= 0.6 is 0 Å². The Labute approximate surface area is 211 Å². The maximum Gasteiger partial charge on any atom is 0.309 e. The number of nitrogens with one attached hydrogen (secondary N) is 1. The number of nitrogens with zero attached hydrogens (tertiary/aromatic N) is 3. The molecule has 0 unspecified atom stereocenters. The molecule has 0 aliphatic carbocycles. The Morgan fingerprint density at radius 1 is 1.00 bits per heavy atom. The molecule has 36 heavy (non-hydrogen) atoms. The fraction of sp³-hybridized carbons (Fsp3) is 0.357. The molecular weight excluding hydrogens is 456 g/mol. The van der Waals surface area contributed by atoms with Crippen LogP contribution in [0.3, 0.4) is 0 Å². The van der Waals surface area contributed by atoms with E-state index in [1.807, 2.05) is 67.6 Å². The number of amides is 2. The average molecular weight is 489 g/mol. The minimum absolute atomic E-state index is 0.0658. The van der Waals surface area contributed by atoms with E-state index < -0.39 is 0 Å². The highest BCUT2D eigenvalue weighted by Crippen LogP contribution is 2.25. The van der Waals surface area contributed by atoms with Crippen molar-refractivity contribution < 1.29 is 19.1 Å². The van der Waals surface area contributed by atoms with Crippen molar-refractivity contribution in [1.82, 2.24) is 14.7 Å². The van der Waals surface area contributed by atoms with Gasteiger partial charge in [-0.2, -0.15) is 5.10 Å². The van der Waals surface area contributed by atoms with E-state index >= 15 is 0 Å². The van der Waals surface area contributed by atoms with Gasteiger partial charge in [0.05, 0.1) is 23.9 Å². The quantitative estimate of drug-likeness (QED) is 0.476. The van der Waals surface area contributed by atoms with E-state index in [2.05, 4.69) is 5.32 Å². The predicted octanol–water partition coefficient (Wildman–Crippen LogP) is 4.37. The molecule has 2 heterocycles. The summed E-state index contributed by atoms with van der Waals surface area (Å²) in [5, 5.41) is 7.68. The Balaban J connectivity index is 1.39. The number of hydrogen-bond donors (Lipinski definition) is 1. The standard InChI is InChI=1S/C28H32N4O4/c1-3-36-28(35)22-14-16-31(17-15-22)27(34)13-12-26(33)29-25-19-24(21-9-5-4-6-10-21)30-32(25)23-11-7-8-20(2)18-23/h4-11,18-19,22H,3,12-17H2,1-2H3,(H,29,33). The molecule has 0 spiro atoms. The molecular formula is C28H32N4O4. The second kappa shape index (κ2) is 11.7. The first-order valence-electron chi connectivity index (χ1n) is 12.4. The number of carbonyl (C=O) groups is 3. The fourth-order valence-corrected chi connectivity index (χ4v) is 4.39. The number of rotatable bonds is 8. The monoisotopic (exact) mass is 488 g/mol. The van der Waals surface area contributed by atoms with Crippen molar-refractivity contribution in [1.29, 1.82) is 0 Å². The number of carbonyl (C=O) groups excluding carboxylic acids is 3. The SMILES string of the molecule is CCOC(=O)C1CCN(C(=O)CCC(=O)Nc2cc(-c3ccccc3)nn2-c2cccc(C)c2)CC1. The molecule has 1 aromatic heterocycles. The van der Waals surface area contributed by atoms with Gasteiger partial charge in [-0.1, -0.05) is 42.5 Å². The van der Waals surface area contributed by atoms with Crippen LogP contribution in [0.25, 0.3) is 16.9 Å². The first-order valence-corrected chi connectivity index (χ1v) is 12.4. The summed E-state index contributed by atoms with van der Waals surface area (Å²) in [6.07, 6.45) is 1.36. The van der Waals surface area contributed by atoms with Crippen molar-refractivity contribution in [2.24, 2.45) is 5.92 Å². The van der Waals surface area contributed by atoms with Crippen LogP contribution in [0.15, 0.2) is 60.7 Å². The summed E-state index contributed by atoms with van der Waals surface area (Å²) in [6, 6.07) is 19.5. The zero-order valence-corrected chi connectivity index (χ0v) is 20.8. The fourth-order valence-electron chi connectivity index (χ4n) is 4.39. The van der Waals surface area contributed by atoms with E-state index in [0.29, 0.717) is 38.4 Å². The van der Waals surface area contributed by atoms with Crippen molar-refractivity contribution in [3.63, 3.8) is 0 Å². The summed E-state index contributed by atoms with van der Waals surface area (Å²) in [5.41, 5.74) is 3.61. The Morgan fingerprint density at radius 3 is 2.44 bits per heavy atom. The maximum absolute atomic E-state index is 12.8. The van der Waals surface area contributed by atoms with Gasteiger partial charge < -0.3 is 15.0 Å². The number of piperidine rings is 1. The van der Waals surface area contributed by atoms with Crippen LogP contribution < -0.4 is 5.32 Å². The van der Waals surface area contributed by atoms with Crippen LogP contribution in [0.5, 0.6) is 0 Å². The van der Waals surface area contributed by atoms with E-state index in [1.165, 1.54) is 0 Å². The highest BCUT2D eigenvalue weighted by atomic mass is 16.5. The number of aromatic nitrogens is 2. The van der Waals surface area contributed by atoms with Crippen molar-refractivity contribution >= 4 is 23.6 Å². The first kappa shape index (κ1) is 25.2. The second-order valence-electron chi connectivity index (χ2n) is 8.99. The number of likely N-dealkylation sites (tertiary alicyclic amines) is 1. The van der Waals surface area contributed by atoms with Gasteiger partial charge >= 0.3 is 5.97 Å². The molecule has 1 aliphatic rings. The van der Waals surface area contributed by atoms with Crippen LogP contribution in [0.1, 0.15) is 38.2 Å². The Morgan fingerprint density at radius 2 is 1.75 bits per heavy atom. The lowest BCUT2D eigenvalue weighted by Gasteiger charge is -2.30. The molecule has 1 fully saturated rings. The highest BCUT2D eigenvalue weighted by Gasteiger charge is 2.28. The van der Waals surface area contributed by atoms with Crippen molar-refractivity contribution in [3.05, 3.63) is 66.2 Å². The van der Waals surface area contributed by atoms with Gasteiger partial charge in [0.2, 0.25) is 11.8 Å². The third-order valence-electron chi connectivity index (χ3n) is 6.33. The van der Waals surface area contributed by atoms with Crippen LogP contribution in [0, 0.1) is 12.8 Å². The van der Waals surface area contributed by atoms with Gasteiger partial charge in [0, 0.05) is 37.6 Å². The Kier molecular flexibility index (Phi) is 8.15. The summed E-state index contributed by atoms with van der Waals surface area (Å²) in [6.45, 7) is 5.17. The maximum atomic E-state index is 12.8. The molecule has 188 valence electrons. The molecule has 0 saturated carbocycles. The van der Waals surface area contributed by atoms with Crippen molar-refractivity contribution in [3.8, 4) is 16.9 Å². The van der Waals surface area contributed by atoms with E-state index in [4.69, 9.17) is 9.84 Å². The molecule has 0 radical (unpaired) electrons. The molecule has 2 aromatic carbocycles. The zero-order valence-electron chi connectivity index (χ0n) is 20.8. The van der Waals surface area contributed by atoms with Crippen LogP contribution in [-0.2, 0) is 19.1 Å². The van der Waals surface area contributed by atoms with Crippen LogP contribution in [-0.4, -0.2) is 52.2 Å². The molecule has 8 nitrogen and oxygen atoms in total. The van der Waals surface area contributed by atoms with E-state index in [0.717, 1.165) is 22.5 Å². The molecule has 0 atom stereocenters. The number of hydrogen-bond acceptors (Lipinski definition) is 5. The summed E-state index contributed by atoms with van der Waals surface area (Å²) >= 11 is 0. The number of anilines is 1. The number of aryl methyl sites for hydroxylation is 1. The average Bonchev–Trinajstić information content (AvgIpc) is 3.31. The summed E-state index contributed by atoms with van der Waals surface area (Å²) in [5.74, 6) is -0.128. The Hall–Kier alpha value is -3.94. The first-order chi connectivity index (χ1) is 17.4. The lowest BCUT2D eigenvalue weighted by atomic mass is 9.96. The second-order valence-corrected chi connectivity index (χ2v) is 8.99. The molecule has 1 aliphatic heterocycles. The lowest BCUT2D eigenvalue weighted by Crippen LogP contribution is -2.40. The van der Waals surface area contributed by atoms with Crippen LogP contribution in [0.2, 0.25) is 0 Å². The zero-order chi connectivity index (χ0) is 25.5. The van der Waals surface area contributed by atoms with Gasteiger partial charge in [0.1, 0.15) is 5.82 Å². The molecule has 8 heteroatoms. The van der Waals surface area contributed by atoms with Crippen LogP contribution in [0.4, 0.5) is 5.82 Å². The summed E-state index contributed by atoms with van der Waals surface area (Å²) in [4.78, 5) is 39.2. The minimum Gasteiger partial charge on any atom is -0.466 e. The number of esters is 1. The lowest BCUT2D eigenvalue weighted by molar-refractivity contribution is -0.151. The van der Waals surface area contributed by atoms with Gasteiger partial charge in [0.25, 0.3) is 0 Å². The van der Waals surface area contributed by atoms with Gasteiger partial charge in [-0.05, 0) is 44.4 Å². The largest absolute Gasteiger partial charge is 0.466 e. The molecule has 1 saturated heterocycles. The van der Waals surface area contributed by atoms with Gasteiger partial charge in [0.15, 0.2) is 0 Å². The summed E-state index contributed by atoms with van der Waals surface area (Å²) in [7, 11) is 0. The normalized spacial score (nSPS) is 13.9. The van der Waals surface area contributed by atoms with E-state index in [9.17, 15) is 14.4 Å².